The maximum Gasteiger partial charge on any atom is 0.0323 e. The fourth-order valence-corrected chi connectivity index (χ4v) is 4.98. The van der Waals surface area contributed by atoms with Crippen molar-refractivity contribution in [3.8, 4) is 0 Å². The summed E-state index contributed by atoms with van der Waals surface area (Å²) < 4.78 is 0. The third-order valence-electron chi connectivity index (χ3n) is 6.84. The zero-order chi connectivity index (χ0) is 23.3. The van der Waals surface area contributed by atoms with Crippen LogP contribution in [0.1, 0.15) is 154 Å². The van der Waals surface area contributed by atoms with E-state index >= 15 is 0 Å². The van der Waals surface area contributed by atoms with E-state index in [1.54, 1.807) is 0 Å². The molecule has 2 nitrogen and oxygen atoms in total. The van der Waals surface area contributed by atoms with E-state index < -0.39 is 0 Å². The quantitative estimate of drug-likeness (QED) is 0.174. The Kier molecular flexibility index (Phi) is 18.9. The van der Waals surface area contributed by atoms with Crippen molar-refractivity contribution in [2.45, 2.75) is 143 Å². The number of hydrogen-bond acceptors (Lipinski definition) is 2. The molecule has 186 valence electrons. The topological polar surface area (TPSA) is 24.1 Å². The van der Waals surface area contributed by atoms with Crippen molar-refractivity contribution in [1.82, 2.24) is 10.6 Å². The predicted molar refractivity (Wildman–Crippen MR) is 144 cm³/mol. The molecule has 0 bridgehead atoms. The van der Waals surface area contributed by atoms with Crippen LogP contribution in [0.2, 0.25) is 0 Å². The average molecular weight is 445 g/mol. The van der Waals surface area contributed by atoms with Gasteiger partial charge in [-0.3, -0.25) is 0 Å². The minimum atomic E-state index is 0.488. The standard InChI is InChI=1S/C30H56N2/c1-5-9-11-13-15-17-19-25-29(31-7-3)27-23-21-22-24-28(27)30(32-8-4)26-20-18-16-14-12-10-6-2/h21-24,29-32H,5-20,25-26H2,1-4H3. The van der Waals surface area contributed by atoms with Crippen LogP contribution in [-0.4, -0.2) is 13.1 Å². The van der Waals surface area contributed by atoms with Crippen molar-refractivity contribution in [3.05, 3.63) is 35.4 Å². The van der Waals surface area contributed by atoms with E-state index in [4.69, 9.17) is 0 Å². The van der Waals surface area contributed by atoms with E-state index in [0.29, 0.717) is 12.1 Å². The van der Waals surface area contributed by atoms with Gasteiger partial charge in [0.15, 0.2) is 0 Å². The van der Waals surface area contributed by atoms with Gasteiger partial charge in [-0.05, 0) is 37.1 Å². The lowest BCUT2D eigenvalue weighted by Crippen LogP contribution is -2.26. The highest BCUT2D eigenvalue weighted by molar-refractivity contribution is 5.33. The summed E-state index contributed by atoms with van der Waals surface area (Å²) in [4.78, 5) is 0. The lowest BCUT2D eigenvalue weighted by Gasteiger charge is -2.27. The van der Waals surface area contributed by atoms with Gasteiger partial charge in [-0.1, -0.05) is 142 Å². The van der Waals surface area contributed by atoms with Crippen LogP contribution in [0, 0.1) is 0 Å². The minimum absolute atomic E-state index is 0.488. The first kappa shape index (κ1) is 29.2. The van der Waals surface area contributed by atoms with E-state index in [1.165, 1.54) is 114 Å². The van der Waals surface area contributed by atoms with Crippen LogP contribution in [-0.2, 0) is 0 Å². The van der Waals surface area contributed by atoms with Crippen LogP contribution in [0.25, 0.3) is 0 Å². The first-order chi connectivity index (χ1) is 15.8. The molecule has 0 saturated carbocycles. The molecule has 1 aromatic carbocycles. The molecule has 2 N–H and O–H groups in total. The zero-order valence-corrected chi connectivity index (χ0v) is 22.2. The van der Waals surface area contributed by atoms with E-state index in [1.807, 2.05) is 0 Å². The molecule has 1 rings (SSSR count). The molecule has 0 aliphatic carbocycles. The largest absolute Gasteiger partial charge is 0.310 e. The van der Waals surface area contributed by atoms with Gasteiger partial charge in [0.25, 0.3) is 0 Å². The summed E-state index contributed by atoms with van der Waals surface area (Å²) in [6.07, 6.45) is 21.9. The molecule has 0 aromatic heterocycles. The molecule has 0 fully saturated rings. The minimum Gasteiger partial charge on any atom is -0.310 e. The molecule has 0 spiro atoms. The molecule has 1 aromatic rings. The Morgan fingerprint density at radius 2 is 0.844 bits per heavy atom. The van der Waals surface area contributed by atoms with Gasteiger partial charge >= 0.3 is 0 Å². The van der Waals surface area contributed by atoms with Crippen LogP contribution < -0.4 is 10.6 Å². The average Bonchev–Trinajstić information content (AvgIpc) is 2.81. The normalized spacial score (nSPS) is 13.4. The van der Waals surface area contributed by atoms with Gasteiger partial charge in [-0.2, -0.15) is 0 Å². The molecule has 32 heavy (non-hydrogen) atoms. The molecular weight excluding hydrogens is 388 g/mol. The monoisotopic (exact) mass is 444 g/mol. The summed E-state index contributed by atoms with van der Waals surface area (Å²) >= 11 is 0. The smallest absolute Gasteiger partial charge is 0.0323 e. The van der Waals surface area contributed by atoms with Gasteiger partial charge < -0.3 is 10.6 Å². The maximum atomic E-state index is 3.82. The Morgan fingerprint density at radius 3 is 1.19 bits per heavy atom. The molecule has 0 radical (unpaired) electrons. The fraction of sp³-hybridized carbons (Fsp3) is 0.800. The highest BCUT2D eigenvalue weighted by Gasteiger charge is 2.19. The number of benzene rings is 1. The van der Waals surface area contributed by atoms with Gasteiger partial charge in [0.2, 0.25) is 0 Å². The van der Waals surface area contributed by atoms with E-state index in [2.05, 4.69) is 62.6 Å². The predicted octanol–water partition coefficient (Wildman–Crippen LogP) is 9.27. The lowest BCUT2D eigenvalue weighted by molar-refractivity contribution is 0.447. The highest BCUT2D eigenvalue weighted by Crippen LogP contribution is 2.30. The van der Waals surface area contributed by atoms with Crippen molar-refractivity contribution < 1.29 is 0 Å². The van der Waals surface area contributed by atoms with Crippen LogP contribution in [0.5, 0.6) is 0 Å². The summed E-state index contributed by atoms with van der Waals surface area (Å²) in [5.41, 5.74) is 3.07. The Labute approximate surface area is 201 Å². The second-order valence-electron chi connectivity index (χ2n) is 9.67. The van der Waals surface area contributed by atoms with E-state index in [9.17, 15) is 0 Å². The Bertz CT molecular complexity index is 480. The number of nitrogens with one attached hydrogen (secondary N) is 2. The van der Waals surface area contributed by atoms with Crippen molar-refractivity contribution in [1.29, 1.82) is 0 Å². The number of hydrogen-bond donors (Lipinski definition) is 2. The van der Waals surface area contributed by atoms with Crippen LogP contribution in [0.4, 0.5) is 0 Å². The van der Waals surface area contributed by atoms with Gasteiger partial charge in [0, 0.05) is 12.1 Å². The lowest BCUT2D eigenvalue weighted by atomic mass is 9.89. The summed E-state index contributed by atoms with van der Waals surface area (Å²) in [5.74, 6) is 0. The molecule has 0 aliphatic heterocycles. The summed E-state index contributed by atoms with van der Waals surface area (Å²) in [7, 11) is 0. The van der Waals surface area contributed by atoms with Gasteiger partial charge in [0.05, 0.1) is 0 Å². The molecule has 0 saturated heterocycles. The van der Waals surface area contributed by atoms with Crippen molar-refractivity contribution >= 4 is 0 Å². The van der Waals surface area contributed by atoms with Gasteiger partial charge in [0.1, 0.15) is 0 Å². The first-order valence-electron chi connectivity index (χ1n) is 14.3. The Morgan fingerprint density at radius 1 is 0.500 bits per heavy atom. The molecule has 2 heteroatoms. The Balaban J connectivity index is 2.65. The van der Waals surface area contributed by atoms with E-state index in [-0.39, 0.29) is 0 Å². The first-order valence-corrected chi connectivity index (χ1v) is 14.3. The fourth-order valence-electron chi connectivity index (χ4n) is 4.98. The zero-order valence-electron chi connectivity index (χ0n) is 22.2. The molecule has 0 aliphatic rings. The third kappa shape index (κ3) is 13.0. The second-order valence-corrected chi connectivity index (χ2v) is 9.67. The summed E-state index contributed by atoms with van der Waals surface area (Å²) in [6.45, 7) is 11.2. The molecular formula is C30H56N2. The second kappa shape index (κ2) is 20.7. The van der Waals surface area contributed by atoms with Gasteiger partial charge in [-0.25, -0.2) is 0 Å². The SMILES string of the molecule is CCCCCCCCCC(NCC)c1ccccc1C(CCCCCCCCC)NCC. The van der Waals surface area contributed by atoms with Crippen LogP contribution in [0.15, 0.2) is 24.3 Å². The van der Waals surface area contributed by atoms with Gasteiger partial charge in [-0.15, -0.1) is 0 Å². The maximum absolute atomic E-state index is 3.82. The molecule has 0 amide bonds. The van der Waals surface area contributed by atoms with Crippen molar-refractivity contribution in [3.63, 3.8) is 0 Å². The van der Waals surface area contributed by atoms with Crippen molar-refractivity contribution in [2.75, 3.05) is 13.1 Å². The molecule has 2 unspecified atom stereocenters. The summed E-state index contributed by atoms with van der Waals surface area (Å²) in [6, 6.07) is 10.2. The Hall–Kier alpha value is -0.860. The summed E-state index contributed by atoms with van der Waals surface area (Å²) in [5, 5.41) is 7.63. The number of rotatable bonds is 22. The molecule has 2 atom stereocenters. The van der Waals surface area contributed by atoms with E-state index in [0.717, 1.165) is 13.1 Å². The number of unbranched alkanes of at least 4 members (excludes halogenated alkanes) is 12. The highest BCUT2D eigenvalue weighted by atomic mass is 14.9. The van der Waals surface area contributed by atoms with Crippen LogP contribution in [0.3, 0.4) is 0 Å². The van der Waals surface area contributed by atoms with Crippen molar-refractivity contribution in [2.24, 2.45) is 0 Å². The molecule has 0 heterocycles. The third-order valence-corrected chi connectivity index (χ3v) is 6.84. The van der Waals surface area contributed by atoms with Crippen LogP contribution >= 0.6 is 0 Å².